The van der Waals surface area contributed by atoms with E-state index in [2.05, 4.69) is 15.6 Å². The molecule has 0 spiro atoms. The first kappa shape index (κ1) is 21.8. The van der Waals surface area contributed by atoms with E-state index in [0.29, 0.717) is 42.8 Å². The van der Waals surface area contributed by atoms with Crippen molar-refractivity contribution in [2.24, 2.45) is 4.99 Å². The Kier molecular flexibility index (Phi) is 8.08. The fourth-order valence-electron chi connectivity index (χ4n) is 2.66. The van der Waals surface area contributed by atoms with Gasteiger partial charge in [-0.15, -0.1) is 0 Å². The molecule has 0 aromatic heterocycles. The van der Waals surface area contributed by atoms with Crippen molar-refractivity contribution >= 4 is 11.6 Å². The van der Waals surface area contributed by atoms with Crippen LogP contribution in [0.5, 0.6) is 17.2 Å². The van der Waals surface area contributed by atoms with Gasteiger partial charge in [0.2, 0.25) is 5.75 Å². The lowest BCUT2D eigenvalue weighted by Gasteiger charge is -2.14. The van der Waals surface area contributed by atoms with Gasteiger partial charge in [0.05, 0.1) is 32.8 Å². The molecule has 2 aromatic carbocycles. The van der Waals surface area contributed by atoms with Crippen LogP contribution in [0, 0.1) is 10.1 Å². The highest BCUT2D eigenvalue weighted by Gasteiger charge is 2.13. The van der Waals surface area contributed by atoms with Gasteiger partial charge in [-0.3, -0.25) is 10.1 Å². The third-order valence-corrected chi connectivity index (χ3v) is 4.10. The highest BCUT2D eigenvalue weighted by atomic mass is 16.6. The molecule has 156 valence electrons. The Bertz CT molecular complexity index is 827. The van der Waals surface area contributed by atoms with Gasteiger partial charge in [-0.25, -0.2) is 4.99 Å². The van der Waals surface area contributed by atoms with Crippen LogP contribution in [0.1, 0.15) is 18.1 Å². The Balaban J connectivity index is 2.11. The molecule has 2 N–H and O–H groups in total. The summed E-state index contributed by atoms with van der Waals surface area (Å²) < 4.78 is 16.1. The van der Waals surface area contributed by atoms with Crippen LogP contribution in [0.15, 0.2) is 41.4 Å². The molecule has 0 unspecified atom stereocenters. The summed E-state index contributed by atoms with van der Waals surface area (Å²) in [6, 6.07) is 10.1. The number of nitro groups is 1. The van der Waals surface area contributed by atoms with E-state index in [-0.39, 0.29) is 5.69 Å². The number of nitrogens with one attached hydrogen (secondary N) is 2. The van der Waals surface area contributed by atoms with E-state index in [4.69, 9.17) is 14.2 Å². The summed E-state index contributed by atoms with van der Waals surface area (Å²) in [4.78, 5) is 14.9. The Labute approximate surface area is 169 Å². The highest BCUT2D eigenvalue weighted by Crippen LogP contribution is 2.38. The fourth-order valence-corrected chi connectivity index (χ4v) is 2.66. The first-order valence-electron chi connectivity index (χ1n) is 9.06. The number of hydrogen-bond acceptors (Lipinski definition) is 6. The lowest BCUT2D eigenvalue weighted by atomic mass is 10.2. The minimum Gasteiger partial charge on any atom is -0.493 e. The van der Waals surface area contributed by atoms with E-state index < -0.39 is 4.92 Å². The van der Waals surface area contributed by atoms with Gasteiger partial charge in [0.1, 0.15) is 0 Å². The lowest BCUT2D eigenvalue weighted by Crippen LogP contribution is -2.36. The van der Waals surface area contributed by atoms with Crippen LogP contribution in [-0.4, -0.2) is 38.8 Å². The van der Waals surface area contributed by atoms with E-state index in [1.165, 1.54) is 12.1 Å². The van der Waals surface area contributed by atoms with Crippen molar-refractivity contribution in [1.29, 1.82) is 0 Å². The molecule has 9 nitrogen and oxygen atoms in total. The fraction of sp³-hybridized carbons (Fsp3) is 0.350. The molecule has 0 saturated carbocycles. The molecule has 0 aliphatic carbocycles. The lowest BCUT2D eigenvalue weighted by molar-refractivity contribution is -0.384. The van der Waals surface area contributed by atoms with E-state index in [1.54, 1.807) is 33.5 Å². The molecule has 0 aliphatic heterocycles. The maximum absolute atomic E-state index is 10.8. The minimum absolute atomic E-state index is 0.0664. The van der Waals surface area contributed by atoms with Crippen molar-refractivity contribution in [1.82, 2.24) is 10.6 Å². The Morgan fingerprint density at radius 3 is 2.10 bits per heavy atom. The molecule has 2 rings (SSSR count). The summed E-state index contributed by atoms with van der Waals surface area (Å²) in [6.07, 6.45) is 0. The molecule has 0 bridgehead atoms. The van der Waals surface area contributed by atoms with Crippen LogP contribution in [0.4, 0.5) is 5.69 Å². The van der Waals surface area contributed by atoms with Gasteiger partial charge in [-0.1, -0.05) is 12.1 Å². The van der Waals surface area contributed by atoms with Gasteiger partial charge in [0.15, 0.2) is 17.5 Å². The minimum atomic E-state index is -0.417. The third-order valence-electron chi connectivity index (χ3n) is 4.10. The largest absolute Gasteiger partial charge is 0.493 e. The molecule has 2 aromatic rings. The van der Waals surface area contributed by atoms with Crippen LogP contribution < -0.4 is 24.8 Å². The molecular formula is C20H26N4O5. The molecule has 0 amide bonds. The van der Waals surface area contributed by atoms with Gasteiger partial charge in [0.25, 0.3) is 5.69 Å². The number of aliphatic imine (C=N–C) groups is 1. The first-order chi connectivity index (χ1) is 14.0. The van der Waals surface area contributed by atoms with Gasteiger partial charge in [0, 0.05) is 25.2 Å². The second kappa shape index (κ2) is 10.7. The molecule has 0 fully saturated rings. The Morgan fingerprint density at radius 1 is 1.00 bits per heavy atom. The quantitative estimate of drug-likeness (QED) is 0.287. The average molecular weight is 402 g/mol. The monoisotopic (exact) mass is 402 g/mol. The van der Waals surface area contributed by atoms with E-state index >= 15 is 0 Å². The number of non-ortho nitro benzene ring substituents is 1. The van der Waals surface area contributed by atoms with Crippen molar-refractivity contribution in [3.8, 4) is 17.2 Å². The van der Waals surface area contributed by atoms with E-state index in [0.717, 1.165) is 11.1 Å². The van der Waals surface area contributed by atoms with Gasteiger partial charge >= 0.3 is 0 Å². The normalized spacial score (nSPS) is 11.0. The Morgan fingerprint density at radius 2 is 1.62 bits per heavy atom. The van der Waals surface area contributed by atoms with E-state index in [1.807, 2.05) is 19.1 Å². The second-order valence-electron chi connectivity index (χ2n) is 6.01. The number of nitrogens with zero attached hydrogens (tertiary/aromatic N) is 2. The third kappa shape index (κ3) is 6.00. The molecule has 9 heteroatoms. The maximum atomic E-state index is 10.8. The average Bonchev–Trinajstić information content (AvgIpc) is 2.74. The number of methoxy groups -OCH3 is 3. The number of benzene rings is 2. The molecular weight excluding hydrogens is 376 g/mol. The highest BCUT2D eigenvalue weighted by molar-refractivity contribution is 5.79. The number of rotatable bonds is 9. The van der Waals surface area contributed by atoms with Crippen molar-refractivity contribution in [3.05, 3.63) is 57.6 Å². The van der Waals surface area contributed by atoms with Crippen LogP contribution in [0.3, 0.4) is 0 Å². The molecule has 0 aliphatic rings. The van der Waals surface area contributed by atoms with Crippen molar-refractivity contribution in [3.63, 3.8) is 0 Å². The van der Waals surface area contributed by atoms with Crippen LogP contribution >= 0.6 is 0 Å². The number of guanidine groups is 1. The predicted octanol–water partition coefficient (Wildman–Crippen LogP) is 2.88. The van der Waals surface area contributed by atoms with Crippen molar-refractivity contribution in [2.75, 3.05) is 27.9 Å². The number of nitro benzene ring substituents is 1. The zero-order chi connectivity index (χ0) is 21.2. The SMILES string of the molecule is CCNC(=NCc1cc(OC)c(OC)c(OC)c1)NCc1ccc([N+](=O)[O-])cc1. The summed E-state index contributed by atoms with van der Waals surface area (Å²) >= 11 is 0. The molecule has 0 radical (unpaired) electrons. The zero-order valence-electron chi connectivity index (χ0n) is 17.0. The van der Waals surface area contributed by atoms with E-state index in [9.17, 15) is 10.1 Å². The molecule has 29 heavy (non-hydrogen) atoms. The standard InChI is InChI=1S/C20H26N4O5/c1-5-21-20(22-12-14-6-8-16(9-7-14)24(25)26)23-13-15-10-17(27-2)19(29-4)18(11-15)28-3/h6-11H,5,12-13H2,1-4H3,(H2,21,22,23). The van der Waals surface area contributed by atoms with Gasteiger partial charge in [-0.2, -0.15) is 0 Å². The van der Waals surface area contributed by atoms with Gasteiger partial charge in [-0.05, 0) is 30.2 Å². The van der Waals surface area contributed by atoms with Crippen molar-refractivity contribution in [2.45, 2.75) is 20.0 Å². The van der Waals surface area contributed by atoms with Crippen LogP contribution in [0.25, 0.3) is 0 Å². The zero-order valence-corrected chi connectivity index (χ0v) is 17.0. The number of ether oxygens (including phenoxy) is 3. The molecule has 0 atom stereocenters. The number of hydrogen-bond donors (Lipinski definition) is 2. The topological polar surface area (TPSA) is 107 Å². The summed E-state index contributed by atoms with van der Waals surface area (Å²) in [5, 5.41) is 17.1. The molecule has 0 saturated heterocycles. The Hall–Kier alpha value is -3.49. The summed E-state index contributed by atoms with van der Waals surface area (Å²) in [5.41, 5.74) is 1.87. The second-order valence-corrected chi connectivity index (χ2v) is 6.01. The first-order valence-corrected chi connectivity index (χ1v) is 9.06. The smallest absolute Gasteiger partial charge is 0.269 e. The summed E-state index contributed by atoms with van der Waals surface area (Å²) in [5.74, 6) is 2.30. The van der Waals surface area contributed by atoms with Crippen LogP contribution in [-0.2, 0) is 13.1 Å². The van der Waals surface area contributed by atoms with Gasteiger partial charge < -0.3 is 24.8 Å². The van der Waals surface area contributed by atoms with Crippen LogP contribution in [0.2, 0.25) is 0 Å². The van der Waals surface area contributed by atoms with Crippen molar-refractivity contribution < 1.29 is 19.1 Å². The summed E-state index contributed by atoms with van der Waals surface area (Å²) in [6.45, 7) is 3.55. The summed E-state index contributed by atoms with van der Waals surface area (Å²) in [7, 11) is 4.70. The maximum Gasteiger partial charge on any atom is 0.269 e. The molecule has 0 heterocycles. The predicted molar refractivity (Wildman–Crippen MR) is 111 cm³/mol.